The van der Waals surface area contributed by atoms with Gasteiger partial charge in [0.2, 0.25) is 0 Å². The van der Waals surface area contributed by atoms with E-state index in [0.717, 1.165) is 39.6 Å². The van der Waals surface area contributed by atoms with Crippen molar-refractivity contribution in [3.05, 3.63) is 65.6 Å². The summed E-state index contributed by atoms with van der Waals surface area (Å²) in [5, 5.41) is 0.721. The number of para-hydroxylation sites is 1. The Labute approximate surface area is 167 Å². The SMILES string of the molecule is Cc1cc(C(=O)N(CCCn2ccnc2)c2nc3c(C)cccc3s2)c(C)o1. The van der Waals surface area contributed by atoms with Crippen molar-refractivity contribution in [3.8, 4) is 0 Å². The van der Waals surface area contributed by atoms with Gasteiger partial charge in [-0.3, -0.25) is 9.69 Å². The highest BCUT2D eigenvalue weighted by molar-refractivity contribution is 7.22. The molecule has 7 heteroatoms. The molecule has 4 aromatic rings. The molecule has 4 rings (SSSR count). The van der Waals surface area contributed by atoms with Gasteiger partial charge in [-0.25, -0.2) is 9.97 Å². The summed E-state index contributed by atoms with van der Waals surface area (Å²) in [6, 6.07) is 7.92. The quantitative estimate of drug-likeness (QED) is 0.473. The molecule has 0 aliphatic carbocycles. The van der Waals surface area contributed by atoms with Gasteiger partial charge in [-0.2, -0.15) is 0 Å². The summed E-state index contributed by atoms with van der Waals surface area (Å²) < 4.78 is 8.68. The van der Waals surface area contributed by atoms with Crippen molar-refractivity contribution in [2.45, 2.75) is 33.7 Å². The molecule has 144 valence electrons. The number of furan rings is 1. The van der Waals surface area contributed by atoms with E-state index < -0.39 is 0 Å². The average Bonchev–Trinajstić information content (AvgIpc) is 3.38. The van der Waals surface area contributed by atoms with E-state index in [4.69, 9.17) is 9.40 Å². The average molecular weight is 395 g/mol. The number of aryl methyl sites for hydroxylation is 4. The molecule has 0 N–H and O–H groups in total. The van der Waals surface area contributed by atoms with Gasteiger partial charge in [0.15, 0.2) is 5.13 Å². The second-order valence-corrected chi connectivity index (χ2v) is 7.86. The van der Waals surface area contributed by atoms with E-state index in [-0.39, 0.29) is 5.91 Å². The number of hydrogen-bond donors (Lipinski definition) is 0. The molecule has 0 aliphatic rings. The number of rotatable bonds is 6. The third-order valence-corrected chi connectivity index (χ3v) is 5.76. The number of carbonyl (C=O) groups is 1. The predicted molar refractivity (Wildman–Crippen MR) is 111 cm³/mol. The van der Waals surface area contributed by atoms with Gasteiger partial charge >= 0.3 is 0 Å². The number of hydrogen-bond acceptors (Lipinski definition) is 5. The molecule has 0 radical (unpaired) electrons. The zero-order valence-electron chi connectivity index (χ0n) is 16.2. The van der Waals surface area contributed by atoms with Gasteiger partial charge in [-0.1, -0.05) is 23.5 Å². The number of aromatic nitrogens is 3. The molecule has 0 spiro atoms. The number of nitrogens with zero attached hydrogens (tertiary/aromatic N) is 4. The Bertz CT molecular complexity index is 1110. The molecule has 1 aromatic carbocycles. The van der Waals surface area contributed by atoms with Gasteiger partial charge in [0.05, 0.1) is 22.1 Å². The fourth-order valence-corrected chi connectivity index (χ4v) is 4.36. The van der Waals surface area contributed by atoms with Crippen LogP contribution in [0.2, 0.25) is 0 Å². The van der Waals surface area contributed by atoms with E-state index in [1.807, 2.05) is 49.7 Å². The molecule has 0 fully saturated rings. The second-order valence-electron chi connectivity index (χ2n) is 6.86. The van der Waals surface area contributed by atoms with Gasteiger partial charge in [-0.05, 0) is 44.9 Å². The van der Waals surface area contributed by atoms with E-state index >= 15 is 0 Å². The first-order chi connectivity index (χ1) is 13.5. The lowest BCUT2D eigenvalue weighted by Crippen LogP contribution is -2.32. The number of thiazole rings is 1. The molecule has 6 nitrogen and oxygen atoms in total. The summed E-state index contributed by atoms with van der Waals surface area (Å²) in [5.74, 6) is 1.30. The fourth-order valence-electron chi connectivity index (χ4n) is 3.29. The summed E-state index contributed by atoms with van der Waals surface area (Å²) >= 11 is 1.55. The van der Waals surface area contributed by atoms with Crippen LogP contribution < -0.4 is 4.90 Å². The maximum Gasteiger partial charge on any atom is 0.263 e. The van der Waals surface area contributed by atoms with Crippen LogP contribution >= 0.6 is 11.3 Å². The number of benzene rings is 1. The van der Waals surface area contributed by atoms with Crippen molar-refractivity contribution in [2.75, 3.05) is 11.4 Å². The number of amides is 1. The Hall–Kier alpha value is -2.93. The highest BCUT2D eigenvalue weighted by atomic mass is 32.1. The molecule has 0 saturated carbocycles. The van der Waals surface area contributed by atoms with Crippen molar-refractivity contribution >= 4 is 32.6 Å². The Kier molecular flexibility index (Phi) is 5.00. The number of anilines is 1. The summed E-state index contributed by atoms with van der Waals surface area (Å²) in [4.78, 5) is 24.0. The van der Waals surface area contributed by atoms with E-state index in [2.05, 4.69) is 4.98 Å². The minimum atomic E-state index is -0.0725. The summed E-state index contributed by atoms with van der Waals surface area (Å²) in [6.45, 7) is 7.08. The zero-order chi connectivity index (χ0) is 19.7. The van der Waals surface area contributed by atoms with E-state index in [1.54, 1.807) is 34.8 Å². The van der Waals surface area contributed by atoms with Crippen molar-refractivity contribution in [2.24, 2.45) is 0 Å². The van der Waals surface area contributed by atoms with Gasteiger partial charge in [0, 0.05) is 25.5 Å². The minimum Gasteiger partial charge on any atom is -0.466 e. The Morgan fingerprint density at radius 3 is 2.82 bits per heavy atom. The third kappa shape index (κ3) is 3.57. The third-order valence-electron chi connectivity index (χ3n) is 4.71. The van der Waals surface area contributed by atoms with Crippen LogP contribution in [-0.4, -0.2) is 27.0 Å². The standard InChI is InChI=1S/C21H22N4O2S/c1-14-6-4-7-18-19(14)23-21(28-18)25(10-5-9-24-11-8-22-13-24)20(26)17-12-15(2)27-16(17)3/h4,6-8,11-13H,5,9-10H2,1-3H3. The first-order valence-electron chi connectivity index (χ1n) is 9.23. The normalized spacial score (nSPS) is 11.2. The van der Waals surface area contributed by atoms with Crippen molar-refractivity contribution in [1.82, 2.24) is 14.5 Å². The lowest BCUT2D eigenvalue weighted by Gasteiger charge is -2.19. The Morgan fingerprint density at radius 1 is 1.29 bits per heavy atom. The number of imidazole rings is 1. The van der Waals surface area contributed by atoms with E-state index in [9.17, 15) is 4.79 Å². The maximum absolute atomic E-state index is 13.3. The van der Waals surface area contributed by atoms with E-state index in [1.165, 1.54) is 0 Å². The molecule has 1 amide bonds. The first-order valence-corrected chi connectivity index (χ1v) is 10.1. The molecule has 0 bridgehead atoms. The summed E-state index contributed by atoms with van der Waals surface area (Å²) in [5.41, 5.74) is 2.66. The molecule has 3 aromatic heterocycles. The van der Waals surface area contributed by atoms with Crippen LogP contribution in [0.15, 0.2) is 47.4 Å². The molecule has 28 heavy (non-hydrogen) atoms. The lowest BCUT2D eigenvalue weighted by molar-refractivity contribution is 0.0985. The van der Waals surface area contributed by atoms with Crippen molar-refractivity contribution in [1.29, 1.82) is 0 Å². The van der Waals surface area contributed by atoms with Gasteiger partial charge in [0.25, 0.3) is 5.91 Å². The highest BCUT2D eigenvalue weighted by Gasteiger charge is 2.24. The van der Waals surface area contributed by atoms with Crippen molar-refractivity contribution in [3.63, 3.8) is 0 Å². The smallest absolute Gasteiger partial charge is 0.263 e. The zero-order valence-corrected chi connectivity index (χ0v) is 17.0. The van der Waals surface area contributed by atoms with Crippen LogP contribution in [-0.2, 0) is 6.54 Å². The van der Waals surface area contributed by atoms with Crippen molar-refractivity contribution < 1.29 is 9.21 Å². The van der Waals surface area contributed by atoms with Gasteiger partial charge < -0.3 is 8.98 Å². The highest BCUT2D eigenvalue weighted by Crippen LogP contribution is 2.32. The molecule has 0 atom stereocenters. The maximum atomic E-state index is 13.3. The molecule has 3 heterocycles. The predicted octanol–water partition coefficient (Wildman–Crippen LogP) is 4.75. The Balaban J connectivity index is 1.66. The Morgan fingerprint density at radius 2 is 2.14 bits per heavy atom. The van der Waals surface area contributed by atoms with Gasteiger partial charge in [-0.15, -0.1) is 0 Å². The summed E-state index contributed by atoms with van der Waals surface area (Å²) in [6.07, 6.45) is 6.28. The van der Waals surface area contributed by atoms with Crippen LogP contribution in [0, 0.1) is 20.8 Å². The lowest BCUT2D eigenvalue weighted by atomic mass is 10.2. The topological polar surface area (TPSA) is 64.2 Å². The molecular formula is C21H22N4O2S. The largest absolute Gasteiger partial charge is 0.466 e. The second kappa shape index (κ2) is 7.59. The number of carbonyl (C=O) groups excluding carboxylic acids is 1. The van der Waals surface area contributed by atoms with Crippen LogP contribution in [0.25, 0.3) is 10.2 Å². The molecule has 0 saturated heterocycles. The van der Waals surface area contributed by atoms with E-state index in [0.29, 0.717) is 17.9 Å². The molecule has 0 unspecified atom stereocenters. The van der Waals surface area contributed by atoms with Crippen LogP contribution in [0.5, 0.6) is 0 Å². The van der Waals surface area contributed by atoms with Crippen LogP contribution in [0.4, 0.5) is 5.13 Å². The monoisotopic (exact) mass is 394 g/mol. The molecule has 0 aliphatic heterocycles. The van der Waals surface area contributed by atoms with Crippen LogP contribution in [0.1, 0.15) is 33.9 Å². The first kappa shape index (κ1) is 18.4. The minimum absolute atomic E-state index is 0.0725. The fraction of sp³-hybridized carbons (Fsp3) is 0.286. The van der Waals surface area contributed by atoms with Gasteiger partial charge in [0.1, 0.15) is 11.5 Å². The number of fused-ring (bicyclic) bond motifs is 1. The van der Waals surface area contributed by atoms with Crippen LogP contribution in [0.3, 0.4) is 0 Å². The summed E-state index contributed by atoms with van der Waals surface area (Å²) in [7, 11) is 0. The molecular weight excluding hydrogens is 372 g/mol.